The van der Waals surface area contributed by atoms with E-state index in [2.05, 4.69) is 9.71 Å². The lowest BCUT2D eigenvalue weighted by molar-refractivity contribution is 0.596. The van der Waals surface area contributed by atoms with Crippen molar-refractivity contribution in [2.75, 3.05) is 17.0 Å². The van der Waals surface area contributed by atoms with Crippen LogP contribution in [0.2, 0.25) is 0 Å². The molecule has 0 amide bonds. The van der Waals surface area contributed by atoms with Crippen molar-refractivity contribution in [3.63, 3.8) is 0 Å². The van der Waals surface area contributed by atoms with Crippen LogP contribution in [-0.2, 0) is 10.0 Å². The highest BCUT2D eigenvalue weighted by molar-refractivity contribution is 7.92. The number of aryl methyl sites for hydroxylation is 1. The van der Waals surface area contributed by atoms with Gasteiger partial charge in [-0.15, -0.1) is 0 Å². The lowest BCUT2D eigenvalue weighted by Gasteiger charge is -2.08. The number of nitrogens with one attached hydrogen (secondary N) is 1. The molecular weight excluding hydrogens is 226 g/mol. The zero-order chi connectivity index (χ0) is 12.0. The predicted octanol–water partition coefficient (Wildman–Crippen LogP) is 0.871. The average Bonchev–Trinajstić information content (AvgIpc) is 2.21. The van der Waals surface area contributed by atoms with Crippen LogP contribution in [0.1, 0.15) is 18.4 Å². The van der Waals surface area contributed by atoms with Crippen molar-refractivity contribution < 1.29 is 8.42 Å². The minimum Gasteiger partial charge on any atom is -0.330 e. The van der Waals surface area contributed by atoms with Crippen molar-refractivity contribution in [2.24, 2.45) is 5.73 Å². The van der Waals surface area contributed by atoms with Crippen molar-refractivity contribution >= 4 is 15.8 Å². The van der Waals surface area contributed by atoms with E-state index in [-0.39, 0.29) is 5.75 Å². The molecule has 16 heavy (non-hydrogen) atoms. The summed E-state index contributed by atoms with van der Waals surface area (Å²) in [5.41, 5.74) is 6.12. The number of nitrogens with zero attached hydrogens (tertiary/aromatic N) is 1. The van der Waals surface area contributed by atoms with Gasteiger partial charge in [-0.1, -0.05) is 6.07 Å². The van der Waals surface area contributed by atoms with Gasteiger partial charge in [0.1, 0.15) is 5.82 Å². The molecule has 0 saturated heterocycles. The van der Waals surface area contributed by atoms with E-state index in [9.17, 15) is 8.42 Å². The van der Waals surface area contributed by atoms with Crippen molar-refractivity contribution in [3.8, 4) is 0 Å². The Morgan fingerprint density at radius 1 is 1.44 bits per heavy atom. The maximum Gasteiger partial charge on any atom is 0.233 e. The molecule has 0 unspecified atom stereocenters. The summed E-state index contributed by atoms with van der Waals surface area (Å²) in [5.74, 6) is 0.482. The van der Waals surface area contributed by atoms with Gasteiger partial charge in [0.2, 0.25) is 10.0 Å². The number of nitrogens with two attached hydrogens (primary N) is 1. The molecule has 1 rings (SSSR count). The molecule has 0 aliphatic carbocycles. The molecule has 0 saturated carbocycles. The van der Waals surface area contributed by atoms with Gasteiger partial charge in [0, 0.05) is 6.20 Å². The van der Waals surface area contributed by atoms with Crippen molar-refractivity contribution in [3.05, 3.63) is 23.9 Å². The van der Waals surface area contributed by atoms with E-state index in [0.717, 1.165) is 5.56 Å². The molecule has 0 aromatic carbocycles. The van der Waals surface area contributed by atoms with Gasteiger partial charge in [-0.25, -0.2) is 13.4 Å². The van der Waals surface area contributed by atoms with E-state index >= 15 is 0 Å². The van der Waals surface area contributed by atoms with Crippen LogP contribution in [0, 0.1) is 6.92 Å². The van der Waals surface area contributed by atoms with Gasteiger partial charge < -0.3 is 5.73 Å². The van der Waals surface area contributed by atoms with Crippen LogP contribution in [0.5, 0.6) is 0 Å². The summed E-state index contributed by atoms with van der Waals surface area (Å²) in [6.45, 7) is 2.32. The molecule has 0 fully saturated rings. The molecule has 0 bridgehead atoms. The molecule has 90 valence electrons. The second-order valence-corrected chi connectivity index (χ2v) is 5.43. The van der Waals surface area contributed by atoms with Gasteiger partial charge in [-0.2, -0.15) is 0 Å². The minimum atomic E-state index is -3.30. The summed E-state index contributed by atoms with van der Waals surface area (Å²) in [5, 5.41) is 0. The first kappa shape index (κ1) is 12.9. The maximum absolute atomic E-state index is 11.6. The third-order valence-electron chi connectivity index (χ3n) is 2.13. The normalized spacial score (nSPS) is 11.4. The van der Waals surface area contributed by atoms with E-state index < -0.39 is 10.0 Å². The number of hydrogen-bond acceptors (Lipinski definition) is 4. The quantitative estimate of drug-likeness (QED) is 0.726. The Labute approximate surface area is 96.1 Å². The van der Waals surface area contributed by atoms with Gasteiger partial charge in [-0.3, -0.25) is 4.72 Å². The summed E-state index contributed by atoms with van der Waals surface area (Å²) in [4.78, 5) is 3.98. The third kappa shape index (κ3) is 4.16. The summed E-state index contributed by atoms with van der Waals surface area (Å²) < 4.78 is 25.7. The van der Waals surface area contributed by atoms with E-state index in [1.807, 2.05) is 13.0 Å². The van der Waals surface area contributed by atoms with Gasteiger partial charge in [0.05, 0.1) is 5.75 Å². The van der Waals surface area contributed by atoms with Crippen LogP contribution in [0.25, 0.3) is 0 Å². The second kappa shape index (κ2) is 5.81. The standard InChI is InChI=1S/C10H17N3O2S/c1-9-5-4-7-12-10(9)13-16(14,15)8-3-2-6-11/h4-5,7H,2-3,6,8,11H2,1H3,(H,12,13). The van der Waals surface area contributed by atoms with E-state index in [4.69, 9.17) is 5.73 Å². The second-order valence-electron chi connectivity index (χ2n) is 3.59. The fourth-order valence-electron chi connectivity index (χ4n) is 1.23. The first-order valence-corrected chi connectivity index (χ1v) is 6.82. The summed E-state index contributed by atoms with van der Waals surface area (Å²) in [6, 6.07) is 3.58. The van der Waals surface area contributed by atoms with E-state index in [0.29, 0.717) is 25.2 Å². The molecule has 0 radical (unpaired) electrons. The number of sulfonamides is 1. The topological polar surface area (TPSA) is 85.1 Å². The number of pyridine rings is 1. The third-order valence-corrected chi connectivity index (χ3v) is 3.46. The SMILES string of the molecule is Cc1cccnc1NS(=O)(=O)CCCCN. The molecule has 1 heterocycles. The van der Waals surface area contributed by atoms with Gasteiger partial charge in [0.25, 0.3) is 0 Å². The Balaban J connectivity index is 2.63. The van der Waals surface area contributed by atoms with Crippen molar-refractivity contribution in [2.45, 2.75) is 19.8 Å². The lowest BCUT2D eigenvalue weighted by Crippen LogP contribution is -2.18. The molecule has 1 aromatic heterocycles. The number of unbranched alkanes of at least 4 members (excludes halogenated alkanes) is 1. The van der Waals surface area contributed by atoms with Crippen LogP contribution in [0.4, 0.5) is 5.82 Å². The zero-order valence-corrected chi connectivity index (χ0v) is 10.1. The zero-order valence-electron chi connectivity index (χ0n) is 9.31. The lowest BCUT2D eigenvalue weighted by atomic mass is 10.3. The largest absolute Gasteiger partial charge is 0.330 e. The van der Waals surface area contributed by atoms with Crippen molar-refractivity contribution in [1.82, 2.24) is 4.98 Å². The molecule has 0 spiro atoms. The number of aromatic nitrogens is 1. The Bertz CT molecular complexity index is 431. The first-order chi connectivity index (χ1) is 7.55. The van der Waals surface area contributed by atoms with Gasteiger partial charge >= 0.3 is 0 Å². The predicted molar refractivity (Wildman–Crippen MR) is 64.7 cm³/mol. The Morgan fingerprint density at radius 2 is 2.19 bits per heavy atom. The Morgan fingerprint density at radius 3 is 2.81 bits per heavy atom. The van der Waals surface area contributed by atoms with Gasteiger partial charge in [0.15, 0.2) is 0 Å². The Hall–Kier alpha value is -1.14. The Kier molecular flexibility index (Phi) is 4.70. The van der Waals surface area contributed by atoms with E-state index in [1.165, 1.54) is 0 Å². The highest BCUT2D eigenvalue weighted by Crippen LogP contribution is 2.11. The maximum atomic E-state index is 11.6. The number of anilines is 1. The number of hydrogen-bond donors (Lipinski definition) is 2. The molecule has 0 atom stereocenters. The van der Waals surface area contributed by atoms with Gasteiger partial charge in [-0.05, 0) is 37.9 Å². The smallest absolute Gasteiger partial charge is 0.233 e. The van der Waals surface area contributed by atoms with Crippen LogP contribution < -0.4 is 10.5 Å². The highest BCUT2D eigenvalue weighted by atomic mass is 32.2. The van der Waals surface area contributed by atoms with Crippen molar-refractivity contribution in [1.29, 1.82) is 0 Å². The summed E-state index contributed by atoms with van der Waals surface area (Å²) >= 11 is 0. The average molecular weight is 243 g/mol. The molecule has 3 N–H and O–H groups in total. The molecule has 5 nitrogen and oxygen atoms in total. The summed E-state index contributed by atoms with van der Waals surface area (Å²) in [7, 11) is -3.30. The van der Waals surface area contributed by atoms with Crippen LogP contribution >= 0.6 is 0 Å². The minimum absolute atomic E-state index is 0.0835. The van der Waals surface area contributed by atoms with Crippen LogP contribution in [0.15, 0.2) is 18.3 Å². The molecule has 6 heteroatoms. The summed E-state index contributed by atoms with van der Waals surface area (Å²) in [6.07, 6.45) is 2.84. The fourth-order valence-corrected chi connectivity index (χ4v) is 2.42. The van der Waals surface area contributed by atoms with Crippen LogP contribution in [0.3, 0.4) is 0 Å². The molecule has 0 aliphatic heterocycles. The van der Waals surface area contributed by atoms with Crippen LogP contribution in [-0.4, -0.2) is 25.7 Å². The molecule has 0 aliphatic rings. The number of rotatable bonds is 6. The molecular formula is C10H17N3O2S. The fraction of sp³-hybridized carbons (Fsp3) is 0.500. The molecule has 1 aromatic rings. The first-order valence-electron chi connectivity index (χ1n) is 5.17. The monoisotopic (exact) mass is 243 g/mol. The van der Waals surface area contributed by atoms with E-state index in [1.54, 1.807) is 12.3 Å². The highest BCUT2D eigenvalue weighted by Gasteiger charge is 2.11.